The van der Waals surface area contributed by atoms with Gasteiger partial charge in [-0.25, -0.2) is 4.79 Å². The molecule has 1 N–H and O–H groups in total. The van der Waals surface area contributed by atoms with Crippen molar-refractivity contribution in [2.75, 3.05) is 13.7 Å². The minimum atomic E-state index is -0.386. The van der Waals surface area contributed by atoms with E-state index in [1.54, 1.807) is 12.1 Å². The first kappa shape index (κ1) is 19.7. The lowest BCUT2D eigenvalue weighted by Crippen LogP contribution is -3.16. The summed E-state index contributed by atoms with van der Waals surface area (Å²) in [6.45, 7) is 2.40. The van der Waals surface area contributed by atoms with Crippen molar-refractivity contribution in [1.29, 1.82) is 0 Å². The van der Waals surface area contributed by atoms with Crippen LogP contribution in [0.25, 0.3) is 0 Å². The number of halogens is 1. The first-order valence-electron chi connectivity index (χ1n) is 8.87. The van der Waals surface area contributed by atoms with Crippen LogP contribution in [0, 0.1) is 5.92 Å². The Balaban J connectivity index is 0.00000225. The van der Waals surface area contributed by atoms with E-state index in [1.807, 2.05) is 25.1 Å². The SMILES string of the molecule is CCCOC(=O)C1C(OC(=O)c2ccccc2)CC2CCC1[NH+]2C.[Cl-]. The second-order valence-corrected chi connectivity index (χ2v) is 6.86. The van der Waals surface area contributed by atoms with E-state index in [0.29, 0.717) is 18.2 Å². The molecule has 6 heteroatoms. The molecule has 5 unspecified atom stereocenters. The number of hydrogen-bond donors (Lipinski definition) is 1. The summed E-state index contributed by atoms with van der Waals surface area (Å²) in [5, 5.41) is 0. The van der Waals surface area contributed by atoms with Gasteiger partial charge in [-0.2, -0.15) is 0 Å². The molecule has 2 aliphatic heterocycles. The number of benzene rings is 1. The average molecular weight is 368 g/mol. The normalized spacial score (nSPS) is 30.2. The van der Waals surface area contributed by atoms with E-state index < -0.39 is 0 Å². The summed E-state index contributed by atoms with van der Waals surface area (Å²) < 4.78 is 11.2. The third-order valence-electron chi connectivity index (χ3n) is 5.39. The van der Waals surface area contributed by atoms with Crippen molar-refractivity contribution in [1.82, 2.24) is 0 Å². The maximum Gasteiger partial charge on any atom is 0.338 e. The molecule has 2 bridgehead atoms. The van der Waals surface area contributed by atoms with Crippen LogP contribution < -0.4 is 17.3 Å². The second kappa shape index (κ2) is 8.68. The van der Waals surface area contributed by atoms with Crippen LogP contribution >= 0.6 is 0 Å². The Labute approximate surface area is 155 Å². The first-order valence-corrected chi connectivity index (χ1v) is 8.87. The number of piperidine rings is 1. The molecular weight excluding hydrogens is 342 g/mol. The van der Waals surface area contributed by atoms with E-state index in [-0.39, 0.29) is 42.4 Å². The summed E-state index contributed by atoms with van der Waals surface area (Å²) in [6.07, 6.45) is 3.20. The Morgan fingerprint density at radius 2 is 1.92 bits per heavy atom. The van der Waals surface area contributed by atoms with Gasteiger partial charge in [0.05, 0.1) is 25.3 Å². The molecule has 0 amide bonds. The fraction of sp³-hybridized carbons (Fsp3) is 0.579. The van der Waals surface area contributed by atoms with Gasteiger partial charge < -0.3 is 26.8 Å². The fourth-order valence-electron chi connectivity index (χ4n) is 4.11. The summed E-state index contributed by atoms with van der Waals surface area (Å²) in [6, 6.07) is 9.60. The molecule has 2 heterocycles. The largest absolute Gasteiger partial charge is 1.00 e. The van der Waals surface area contributed by atoms with E-state index in [4.69, 9.17) is 9.47 Å². The first-order chi connectivity index (χ1) is 11.6. The van der Waals surface area contributed by atoms with E-state index in [1.165, 1.54) is 4.90 Å². The van der Waals surface area contributed by atoms with Gasteiger partial charge in [-0.15, -0.1) is 0 Å². The van der Waals surface area contributed by atoms with Gasteiger partial charge in [-0.05, 0) is 18.6 Å². The number of hydrogen-bond acceptors (Lipinski definition) is 4. The van der Waals surface area contributed by atoms with Crippen LogP contribution in [-0.2, 0) is 14.3 Å². The van der Waals surface area contributed by atoms with Crippen LogP contribution in [0.2, 0.25) is 0 Å². The highest BCUT2D eigenvalue weighted by molar-refractivity contribution is 5.89. The van der Waals surface area contributed by atoms with Gasteiger partial charge in [0.2, 0.25) is 0 Å². The van der Waals surface area contributed by atoms with Crippen molar-refractivity contribution in [3.8, 4) is 0 Å². The summed E-state index contributed by atoms with van der Waals surface area (Å²) in [5.74, 6) is -0.928. The molecule has 0 saturated carbocycles. The van der Waals surface area contributed by atoms with Gasteiger partial charge in [0.1, 0.15) is 18.1 Å². The number of esters is 2. The number of fused-ring (bicyclic) bond motifs is 2. The standard InChI is InChI=1S/C19H25NO4.ClH/c1-3-11-23-19(22)17-15-10-9-14(20(15)2)12-16(17)24-18(21)13-7-5-4-6-8-13;/h4-8,14-17H,3,9-12H2,1-2H3;1H. The van der Waals surface area contributed by atoms with Gasteiger partial charge in [-0.3, -0.25) is 4.79 Å². The smallest absolute Gasteiger partial charge is 0.338 e. The lowest BCUT2D eigenvalue weighted by molar-refractivity contribution is -0.926. The van der Waals surface area contributed by atoms with E-state index >= 15 is 0 Å². The van der Waals surface area contributed by atoms with Crippen LogP contribution in [-0.4, -0.2) is 43.8 Å². The molecule has 0 aliphatic carbocycles. The molecule has 3 rings (SSSR count). The fourth-order valence-corrected chi connectivity index (χ4v) is 4.11. The number of rotatable bonds is 5. The zero-order valence-electron chi connectivity index (χ0n) is 14.7. The van der Waals surface area contributed by atoms with Crippen molar-refractivity contribution in [2.45, 2.75) is 50.8 Å². The lowest BCUT2D eigenvalue weighted by atomic mass is 9.87. The van der Waals surface area contributed by atoms with Crippen molar-refractivity contribution in [3.05, 3.63) is 35.9 Å². The molecular formula is C19H26ClNO4. The zero-order chi connectivity index (χ0) is 17.1. The molecule has 5 nitrogen and oxygen atoms in total. The summed E-state index contributed by atoms with van der Waals surface area (Å²) in [5.41, 5.74) is 0.525. The van der Waals surface area contributed by atoms with Crippen molar-refractivity contribution >= 4 is 11.9 Å². The number of quaternary nitrogens is 1. The Morgan fingerprint density at radius 1 is 1.20 bits per heavy atom. The van der Waals surface area contributed by atoms with Crippen molar-refractivity contribution < 1.29 is 36.4 Å². The van der Waals surface area contributed by atoms with Crippen LogP contribution in [0.15, 0.2) is 30.3 Å². The number of ether oxygens (including phenoxy) is 2. The van der Waals surface area contributed by atoms with E-state index in [9.17, 15) is 9.59 Å². The Kier molecular flexibility index (Phi) is 6.85. The number of carbonyl (C=O) groups excluding carboxylic acids is 2. The molecule has 2 fully saturated rings. The third kappa shape index (κ3) is 4.15. The highest BCUT2D eigenvalue weighted by Gasteiger charge is 2.54. The quantitative estimate of drug-likeness (QED) is 0.626. The molecule has 1 aromatic rings. The van der Waals surface area contributed by atoms with Crippen LogP contribution in [0.5, 0.6) is 0 Å². The van der Waals surface area contributed by atoms with E-state index in [0.717, 1.165) is 25.7 Å². The summed E-state index contributed by atoms with van der Waals surface area (Å²) in [7, 11) is 2.14. The highest BCUT2D eigenvalue weighted by atomic mass is 35.5. The minimum Gasteiger partial charge on any atom is -1.00 e. The molecule has 5 atom stereocenters. The molecule has 2 aliphatic rings. The molecule has 2 saturated heterocycles. The maximum absolute atomic E-state index is 12.6. The average Bonchev–Trinajstić information content (AvgIpc) is 2.83. The van der Waals surface area contributed by atoms with E-state index in [2.05, 4.69) is 7.05 Å². The van der Waals surface area contributed by atoms with Gasteiger partial charge in [-0.1, -0.05) is 25.1 Å². The zero-order valence-corrected chi connectivity index (χ0v) is 15.5. The molecule has 0 aromatic heterocycles. The third-order valence-corrected chi connectivity index (χ3v) is 5.39. The van der Waals surface area contributed by atoms with Gasteiger partial charge in [0.15, 0.2) is 0 Å². The Morgan fingerprint density at radius 3 is 2.60 bits per heavy atom. The predicted molar refractivity (Wildman–Crippen MR) is 88.7 cm³/mol. The molecule has 138 valence electrons. The van der Waals surface area contributed by atoms with Gasteiger partial charge in [0.25, 0.3) is 0 Å². The second-order valence-electron chi connectivity index (χ2n) is 6.86. The number of carbonyl (C=O) groups is 2. The topological polar surface area (TPSA) is 57.0 Å². The van der Waals surface area contributed by atoms with Gasteiger partial charge >= 0.3 is 11.9 Å². The van der Waals surface area contributed by atoms with Crippen molar-refractivity contribution in [2.24, 2.45) is 5.92 Å². The minimum absolute atomic E-state index is 0. The Hall–Kier alpha value is -1.59. The van der Waals surface area contributed by atoms with Crippen LogP contribution in [0.4, 0.5) is 0 Å². The Bertz CT molecular complexity index is 594. The van der Waals surface area contributed by atoms with Crippen LogP contribution in [0.1, 0.15) is 43.0 Å². The summed E-state index contributed by atoms with van der Waals surface area (Å²) >= 11 is 0. The molecule has 1 aromatic carbocycles. The maximum atomic E-state index is 12.6. The highest BCUT2D eigenvalue weighted by Crippen LogP contribution is 2.31. The molecule has 0 radical (unpaired) electrons. The van der Waals surface area contributed by atoms with Gasteiger partial charge in [0, 0.05) is 19.3 Å². The van der Waals surface area contributed by atoms with Crippen LogP contribution in [0.3, 0.4) is 0 Å². The predicted octanol–water partition coefficient (Wildman–Crippen LogP) is -1.77. The number of nitrogens with one attached hydrogen (secondary N) is 1. The summed E-state index contributed by atoms with van der Waals surface area (Å²) in [4.78, 5) is 26.4. The molecule has 25 heavy (non-hydrogen) atoms. The van der Waals surface area contributed by atoms with Crippen molar-refractivity contribution in [3.63, 3.8) is 0 Å². The lowest BCUT2D eigenvalue weighted by Gasteiger charge is -2.38. The molecule has 0 spiro atoms. The monoisotopic (exact) mass is 367 g/mol.